The van der Waals surface area contributed by atoms with Gasteiger partial charge in [0.15, 0.2) is 6.20 Å². The molecule has 2 heterocycles. The number of pyridine rings is 1. The lowest BCUT2D eigenvalue weighted by Gasteiger charge is -2.22. The Morgan fingerprint density at radius 3 is 2.79 bits per heavy atom. The molecular formula is C12H18N4O3. The van der Waals surface area contributed by atoms with E-state index in [9.17, 15) is 10.1 Å². The quantitative estimate of drug-likeness (QED) is 0.631. The molecule has 0 atom stereocenters. The van der Waals surface area contributed by atoms with Crippen molar-refractivity contribution in [3.8, 4) is 0 Å². The smallest absolute Gasteiger partial charge is 0.363 e. The molecule has 0 spiro atoms. The summed E-state index contributed by atoms with van der Waals surface area (Å²) < 4.78 is 0. The first kappa shape index (κ1) is 13.7. The van der Waals surface area contributed by atoms with E-state index in [1.165, 1.54) is 6.07 Å². The van der Waals surface area contributed by atoms with Crippen molar-refractivity contribution in [3.05, 3.63) is 28.4 Å². The van der Waals surface area contributed by atoms with Gasteiger partial charge >= 0.3 is 5.82 Å². The molecule has 7 heteroatoms. The Balaban J connectivity index is 1.99. The zero-order chi connectivity index (χ0) is 13.7. The van der Waals surface area contributed by atoms with Crippen molar-refractivity contribution in [1.82, 2.24) is 9.88 Å². The first-order valence-corrected chi connectivity index (χ1v) is 6.39. The first-order valence-electron chi connectivity index (χ1n) is 6.39. The van der Waals surface area contributed by atoms with Gasteiger partial charge in [-0.05, 0) is 28.9 Å². The summed E-state index contributed by atoms with van der Waals surface area (Å²) >= 11 is 0. The minimum atomic E-state index is -0.491. The predicted molar refractivity (Wildman–Crippen MR) is 71.2 cm³/mol. The number of aliphatic hydroxyl groups is 1. The summed E-state index contributed by atoms with van der Waals surface area (Å²) in [4.78, 5) is 18.3. The highest BCUT2D eigenvalue weighted by molar-refractivity contribution is 5.46. The van der Waals surface area contributed by atoms with Crippen LogP contribution < -0.4 is 4.90 Å². The molecule has 1 aromatic heterocycles. The lowest BCUT2D eigenvalue weighted by molar-refractivity contribution is -0.389. The fourth-order valence-electron chi connectivity index (χ4n) is 2.27. The third-order valence-electron chi connectivity index (χ3n) is 3.29. The van der Waals surface area contributed by atoms with Crippen LogP contribution in [0.3, 0.4) is 0 Å². The van der Waals surface area contributed by atoms with Crippen molar-refractivity contribution in [2.75, 3.05) is 44.2 Å². The normalized spacial score (nSPS) is 17.2. The maximum absolute atomic E-state index is 10.6. The molecule has 7 nitrogen and oxygen atoms in total. The summed E-state index contributed by atoms with van der Waals surface area (Å²) in [7, 11) is 0. The Labute approximate surface area is 111 Å². The average Bonchev–Trinajstić information content (AvgIpc) is 2.65. The van der Waals surface area contributed by atoms with Gasteiger partial charge in [-0.3, -0.25) is 4.90 Å². The van der Waals surface area contributed by atoms with Crippen LogP contribution in [-0.2, 0) is 0 Å². The molecule has 0 amide bonds. The minimum Gasteiger partial charge on any atom is -0.395 e. The molecule has 104 valence electrons. The Hall–Kier alpha value is -1.73. The van der Waals surface area contributed by atoms with Crippen LogP contribution in [0.4, 0.5) is 11.5 Å². The Bertz CT molecular complexity index is 423. The molecule has 1 N–H and O–H groups in total. The highest BCUT2D eigenvalue weighted by Crippen LogP contribution is 2.18. The van der Waals surface area contributed by atoms with Crippen molar-refractivity contribution in [1.29, 1.82) is 0 Å². The van der Waals surface area contributed by atoms with Crippen molar-refractivity contribution in [2.45, 2.75) is 6.42 Å². The van der Waals surface area contributed by atoms with Crippen LogP contribution >= 0.6 is 0 Å². The number of aromatic nitrogens is 1. The van der Waals surface area contributed by atoms with Crippen LogP contribution in [0.5, 0.6) is 0 Å². The monoisotopic (exact) mass is 266 g/mol. The molecule has 1 aromatic rings. The van der Waals surface area contributed by atoms with E-state index in [0.717, 1.165) is 38.3 Å². The Morgan fingerprint density at radius 2 is 2.16 bits per heavy atom. The van der Waals surface area contributed by atoms with Gasteiger partial charge in [0.2, 0.25) is 0 Å². The van der Waals surface area contributed by atoms with Crippen LogP contribution in [0, 0.1) is 10.1 Å². The van der Waals surface area contributed by atoms with E-state index in [1.807, 2.05) is 0 Å². The van der Waals surface area contributed by atoms with Crippen LogP contribution in [0.1, 0.15) is 6.42 Å². The van der Waals surface area contributed by atoms with Gasteiger partial charge in [0, 0.05) is 32.2 Å². The largest absolute Gasteiger partial charge is 0.395 e. The van der Waals surface area contributed by atoms with Gasteiger partial charge in [0.25, 0.3) is 0 Å². The zero-order valence-corrected chi connectivity index (χ0v) is 10.7. The number of nitrogens with zero attached hydrogens (tertiary/aromatic N) is 4. The lowest BCUT2D eigenvalue weighted by atomic mass is 10.3. The van der Waals surface area contributed by atoms with E-state index >= 15 is 0 Å². The standard InChI is InChI=1S/C12H18N4O3/c17-9-8-14-4-1-5-15(7-6-14)11-2-3-12(13-10-11)16(18)19/h2-3,10,17H,1,4-9H2. The summed E-state index contributed by atoms with van der Waals surface area (Å²) in [5.41, 5.74) is 0.913. The highest BCUT2D eigenvalue weighted by Gasteiger charge is 2.16. The molecule has 1 aliphatic rings. The molecule has 2 rings (SSSR count). The fourth-order valence-corrected chi connectivity index (χ4v) is 2.27. The molecule has 0 saturated carbocycles. The topological polar surface area (TPSA) is 82.7 Å². The molecule has 1 saturated heterocycles. The summed E-state index contributed by atoms with van der Waals surface area (Å²) in [5, 5.41) is 19.5. The van der Waals surface area contributed by atoms with Gasteiger partial charge in [-0.15, -0.1) is 0 Å². The predicted octanol–water partition coefficient (Wildman–Crippen LogP) is 0.494. The van der Waals surface area contributed by atoms with Gasteiger partial charge in [-0.1, -0.05) is 0 Å². The molecule has 19 heavy (non-hydrogen) atoms. The second-order valence-electron chi connectivity index (χ2n) is 4.54. The van der Waals surface area contributed by atoms with E-state index in [1.54, 1.807) is 12.3 Å². The van der Waals surface area contributed by atoms with Crippen molar-refractivity contribution < 1.29 is 10.0 Å². The molecule has 0 aliphatic carbocycles. The van der Waals surface area contributed by atoms with Crippen molar-refractivity contribution in [3.63, 3.8) is 0 Å². The van der Waals surface area contributed by atoms with Gasteiger partial charge in [0.1, 0.15) is 0 Å². The number of rotatable bonds is 4. The summed E-state index contributed by atoms with van der Waals surface area (Å²) in [6, 6.07) is 3.18. The van der Waals surface area contributed by atoms with Crippen LogP contribution in [0.25, 0.3) is 0 Å². The summed E-state index contributed by atoms with van der Waals surface area (Å²) in [6.45, 7) is 4.49. The number of aliphatic hydroxyl groups excluding tert-OH is 1. The van der Waals surface area contributed by atoms with Gasteiger partial charge in [-0.25, -0.2) is 0 Å². The molecule has 0 unspecified atom stereocenters. The van der Waals surface area contributed by atoms with Crippen molar-refractivity contribution >= 4 is 11.5 Å². The van der Waals surface area contributed by atoms with E-state index in [4.69, 9.17) is 5.11 Å². The van der Waals surface area contributed by atoms with Crippen LogP contribution in [-0.4, -0.2) is 59.2 Å². The summed E-state index contributed by atoms with van der Waals surface area (Å²) in [5.74, 6) is -0.125. The second-order valence-corrected chi connectivity index (χ2v) is 4.54. The number of anilines is 1. The van der Waals surface area contributed by atoms with Crippen molar-refractivity contribution in [2.24, 2.45) is 0 Å². The summed E-state index contributed by atoms with van der Waals surface area (Å²) in [6.07, 6.45) is 2.57. The van der Waals surface area contributed by atoms with E-state index in [2.05, 4.69) is 14.8 Å². The molecule has 1 fully saturated rings. The molecule has 0 aromatic carbocycles. The fraction of sp³-hybridized carbons (Fsp3) is 0.583. The number of hydrogen-bond donors (Lipinski definition) is 1. The van der Waals surface area contributed by atoms with E-state index in [0.29, 0.717) is 6.54 Å². The molecule has 0 bridgehead atoms. The Morgan fingerprint density at radius 1 is 1.32 bits per heavy atom. The zero-order valence-electron chi connectivity index (χ0n) is 10.7. The first-order chi connectivity index (χ1) is 9.20. The number of β-amino-alcohol motifs (C(OH)–C–C–N with tert-alkyl or cyclic N) is 1. The average molecular weight is 266 g/mol. The van der Waals surface area contributed by atoms with Gasteiger partial charge in [0.05, 0.1) is 12.3 Å². The van der Waals surface area contributed by atoms with Gasteiger partial charge < -0.3 is 20.1 Å². The minimum absolute atomic E-state index is 0.125. The van der Waals surface area contributed by atoms with E-state index in [-0.39, 0.29) is 12.4 Å². The molecule has 1 aliphatic heterocycles. The third-order valence-corrected chi connectivity index (χ3v) is 3.29. The second kappa shape index (κ2) is 6.44. The van der Waals surface area contributed by atoms with Gasteiger partial charge in [-0.2, -0.15) is 0 Å². The highest BCUT2D eigenvalue weighted by atomic mass is 16.6. The van der Waals surface area contributed by atoms with Crippen LogP contribution in [0.2, 0.25) is 0 Å². The maximum Gasteiger partial charge on any atom is 0.363 e. The molecule has 0 radical (unpaired) electrons. The SMILES string of the molecule is O=[N+]([O-])c1ccc(N2CCCN(CCO)CC2)cn1. The number of hydrogen-bond acceptors (Lipinski definition) is 6. The Kier molecular flexibility index (Phi) is 4.64. The molecular weight excluding hydrogens is 248 g/mol. The van der Waals surface area contributed by atoms with Crippen LogP contribution in [0.15, 0.2) is 18.3 Å². The third kappa shape index (κ3) is 3.62. The maximum atomic E-state index is 10.6. The van der Waals surface area contributed by atoms with E-state index < -0.39 is 4.92 Å². The lowest BCUT2D eigenvalue weighted by Crippen LogP contribution is -2.32. The number of nitro groups is 1.